The van der Waals surface area contributed by atoms with Crippen LogP contribution in [0, 0.1) is 11.3 Å². The van der Waals surface area contributed by atoms with Gasteiger partial charge in [-0.05, 0) is 41.3 Å². The molecular formula is C18H20N2O. The summed E-state index contributed by atoms with van der Waals surface area (Å²) in [6, 6.07) is 17.7. The number of ether oxygens (including phenoxy) is 1. The number of hydrogen-bond donors (Lipinski definition) is 1. The Morgan fingerprint density at radius 2 is 1.52 bits per heavy atom. The molecule has 2 aromatic carbocycles. The quantitative estimate of drug-likeness (QED) is 0.877. The maximum atomic E-state index is 9.38. The third-order valence-electron chi connectivity index (χ3n) is 3.47. The van der Waals surface area contributed by atoms with Crippen LogP contribution in [-0.4, -0.2) is 7.11 Å². The molecular weight excluding hydrogens is 260 g/mol. The molecule has 1 unspecified atom stereocenters. The Labute approximate surface area is 126 Å². The van der Waals surface area contributed by atoms with E-state index in [-0.39, 0.29) is 6.04 Å². The van der Waals surface area contributed by atoms with Crippen LogP contribution in [0.4, 0.5) is 5.69 Å². The molecule has 108 valence electrons. The lowest BCUT2D eigenvalue weighted by molar-refractivity contribution is 0.415. The number of rotatable bonds is 5. The van der Waals surface area contributed by atoms with Gasteiger partial charge in [-0.3, -0.25) is 0 Å². The molecule has 2 rings (SSSR count). The predicted octanol–water partition coefficient (Wildman–Crippen LogP) is 4.50. The van der Waals surface area contributed by atoms with Gasteiger partial charge in [0.1, 0.15) is 11.8 Å². The molecule has 3 heteroatoms. The first-order valence-electron chi connectivity index (χ1n) is 7.04. The molecule has 1 N–H and O–H groups in total. The number of benzene rings is 2. The summed E-state index contributed by atoms with van der Waals surface area (Å²) < 4.78 is 5.13. The van der Waals surface area contributed by atoms with Crippen molar-refractivity contribution in [3.63, 3.8) is 0 Å². The Morgan fingerprint density at radius 3 is 2.00 bits per heavy atom. The molecule has 0 radical (unpaired) electrons. The molecule has 21 heavy (non-hydrogen) atoms. The highest BCUT2D eigenvalue weighted by Crippen LogP contribution is 2.23. The number of methoxy groups -OCH3 is 1. The van der Waals surface area contributed by atoms with Crippen molar-refractivity contribution < 1.29 is 4.74 Å². The van der Waals surface area contributed by atoms with E-state index < -0.39 is 0 Å². The second-order valence-electron chi connectivity index (χ2n) is 5.26. The normalized spacial score (nSPS) is 11.8. The molecule has 3 nitrogen and oxygen atoms in total. The molecule has 0 heterocycles. The van der Waals surface area contributed by atoms with Gasteiger partial charge in [0.15, 0.2) is 0 Å². The van der Waals surface area contributed by atoms with Crippen LogP contribution in [0.2, 0.25) is 0 Å². The molecule has 2 aromatic rings. The molecule has 0 aliphatic rings. The second kappa shape index (κ2) is 6.81. The third-order valence-corrected chi connectivity index (χ3v) is 3.47. The number of anilines is 1. The molecule has 0 saturated carbocycles. The molecule has 0 bridgehead atoms. The van der Waals surface area contributed by atoms with Gasteiger partial charge >= 0.3 is 0 Å². The molecule has 0 saturated heterocycles. The van der Waals surface area contributed by atoms with Crippen molar-refractivity contribution in [2.45, 2.75) is 25.8 Å². The fraction of sp³-hybridized carbons (Fsp3) is 0.278. The van der Waals surface area contributed by atoms with Crippen LogP contribution < -0.4 is 10.1 Å². The zero-order valence-corrected chi connectivity index (χ0v) is 12.6. The van der Waals surface area contributed by atoms with E-state index in [9.17, 15) is 5.26 Å². The molecule has 0 aliphatic heterocycles. The summed E-state index contributed by atoms with van der Waals surface area (Å²) in [5.41, 5.74) is 3.15. The second-order valence-corrected chi connectivity index (χ2v) is 5.26. The molecule has 0 amide bonds. The van der Waals surface area contributed by atoms with Crippen molar-refractivity contribution in [1.29, 1.82) is 5.26 Å². The van der Waals surface area contributed by atoms with Crippen molar-refractivity contribution in [1.82, 2.24) is 0 Å². The lowest BCUT2D eigenvalue weighted by atomic mass is 9.99. The summed E-state index contributed by atoms with van der Waals surface area (Å²) in [5.74, 6) is 1.30. The van der Waals surface area contributed by atoms with Crippen LogP contribution >= 0.6 is 0 Å². The molecule has 0 spiro atoms. The van der Waals surface area contributed by atoms with E-state index >= 15 is 0 Å². The highest BCUT2D eigenvalue weighted by atomic mass is 16.5. The minimum Gasteiger partial charge on any atom is -0.497 e. The lowest BCUT2D eigenvalue weighted by Crippen LogP contribution is -2.08. The van der Waals surface area contributed by atoms with Gasteiger partial charge in [-0.2, -0.15) is 5.26 Å². The monoisotopic (exact) mass is 280 g/mol. The van der Waals surface area contributed by atoms with Crippen LogP contribution in [0.3, 0.4) is 0 Å². The minimum atomic E-state index is -0.361. The average Bonchev–Trinajstić information content (AvgIpc) is 2.53. The SMILES string of the molecule is COc1ccc(NC(C#N)c2ccc(C(C)C)cc2)cc1. The summed E-state index contributed by atoms with van der Waals surface area (Å²) in [4.78, 5) is 0. The molecule has 0 fully saturated rings. The Hall–Kier alpha value is -2.47. The van der Waals surface area contributed by atoms with E-state index in [4.69, 9.17) is 4.74 Å². The van der Waals surface area contributed by atoms with Crippen molar-refractivity contribution in [2.24, 2.45) is 0 Å². The first-order valence-corrected chi connectivity index (χ1v) is 7.04. The summed E-state index contributed by atoms with van der Waals surface area (Å²) in [7, 11) is 1.64. The van der Waals surface area contributed by atoms with Gasteiger partial charge in [-0.1, -0.05) is 38.1 Å². The summed E-state index contributed by atoms with van der Waals surface area (Å²) in [5, 5.41) is 12.6. The highest BCUT2D eigenvalue weighted by Gasteiger charge is 2.10. The zero-order valence-electron chi connectivity index (χ0n) is 12.6. The number of nitrogens with one attached hydrogen (secondary N) is 1. The standard InChI is InChI=1S/C18H20N2O/c1-13(2)14-4-6-15(7-5-14)18(12-19)20-16-8-10-17(21-3)11-9-16/h4-11,13,18,20H,1-3H3. The van der Waals surface area contributed by atoms with E-state index in [1.807, 2.05) is 36.4 Å². The van der Waals surface area contributed by atoms with E-state index in [0.717, 1.165) is 17.0 Å². The maximum Gasteiger partial charge on any atom is 0.140 e. The largest absolute Gasteiger partial charge is 0.497 e. The van der Waals surface area contributed by atoms with Gasteiger partial charge in [0.2, 0.25) is 0 Å². The van der Waals surface area contributed by atoms with E-state index in [2.05, 4.69) is 37.4 Å². The zero-order chi connectivity index (χ0) is 15.2. The number of nitrogens with zero attached hydrogens (tertiary/aromatic N) is 1. The van der Waals surface area contributed by atoms with Crippen molar-refractivity contribution >= 4 is 5.69 Å². The molecule has 1 atom stereocenters. The average molecular weight is 280 g/mol. The maximum absolute atomic E-state index is 9.38. The Bertz CT molecular complexity index is 609. The smallest absolute Gasteiger partial charge is 0.140 e. The van der Waals surface area contributed by atoms with E-state index in [1.165, 1.54) is 5.56 Å². The van der Waals surface area contributed by atoms with Gasteiger partial charge in [0, 0.05) is 5.69 Å². The fourth-order valence-corrected chi connectivity index (χ4v) is 2.12. The topological polar surface area (TPSA) is 45.0 Å². The predicted molar refractivity (Wildman–Crippen MR) is 85.5 cm³/mol. The fourth-order valence-electron chi connectivity index (χ4n) is 2.12. The van der Waals surface area contributed by atoms with Crippen molar-refractivity contribution in [3.05, 3.63) is 59.7 Å². The summed E-state index contributed by atoms with van der Waals surface area (Å²) >= 11 is 0. The Kier molecular flexibility index (Phi) is 4.84. The van der Waals surface area contributed by atoms with Crippen molar-refractivity contribution in [3.8, 4) is 11.8 Å². The van der Waals surface area contributed by atoms with Crippen LogP contribution in [-0.2, 0) is 0 Å². The third kappa shape index (κ3) is 3.76. The highest BCUT2D eigenvalue weighted by molar-refractivity contribution is 5.50. The van der Waals surface area contributed by atoms with Crippen molar-refractivity contribution in [2.75, 3.05) is 12.4 Å². The molecule has 0 aliphatic carbocycles. The minimum absolute atomic E-state index is 0.361. The Morgan fingerprint density at radius 1 is 0.952 bits per heavy atom. The van der Waals surface area contributed by atoms with Crippen LogP contribution in [0.25, 0.3) is 0 Å². The summed E-state index contributed by atoms with van der Waals surface area (Å²) in [6.45, 7) is 4.32. The van der Waals surface area contributed by atoms with Crippen LogP contribution in [0.1, 0.15) is 36.9 Å². The Balaban J connectivity index is 2.13. The van der Waals surface area contributed by atoms with Gasteiger partial charge < -0.3 is 10.1 Å². The number of hydrogen-bond acceptors (Lipinski definition) is 3. The van der Waals surface area contributed by atoms with Gasteiger partial charge in [-0.25, -0.2) is 0 Å². The van der Waals surface area contributed by atoms with E-state index in [1.54, 1.807) is 7.11 Å². The first kappa shape index (κ1) is 14.9. The first-order chi connectivity index (χ1) is 10.1. The van der Waals surface area contributed by atoms with Gasteiger partial charge in [0.05, 0.1) is 13.2 Å². The van der Waals surface area contributed by atoms with Gasteiger partial charge in [-0.15, -0.1) is 0 Å². The summed E-state index contributed by atoms with van der Waals surface area (Å²) in [6.07, 6.45) is 0. The van der Waals surface area contributed by atoms with E-state index in [0.29, 0.717) is 5.92 Å². The lowest BCUT2D eigenvalue weighted by Gasteiger charge is -2.15. The van der Waals surface area contributed by atoms with Crippen LogP contribution in [0.5, 0.6) is 5.75 Å². The number of nitriles is 1. The van der Waals surface area contributed by atoms with Crippen LogP contribution in [0.15, 0.2) is 48.5 Å². The van der Waals surface area contributed by atoms with Gasteiger partial charge in [0.25, 0.3) is 0 Å². The molecule has 0 aromatic heterocycles.